The van der Waals surface area contributed by atoms with Crippen molar-refractivity contribution in [1.29, 1.82) is 0 Å². The van der Waals surface area contributed by atoms with Crippen LogP contribution in [0.2, 0.25) is 15.1 Å². The molecule has 0 aromatic heterocycles. The van der Waals surface area contributed by atoms with Crippen molar-refractivity contribution in [2.75, 3.05) is 5.33 Å². The Balaban J connectivity index is 2.09. The zero-order valence-corrected chi connectivity index (χ0v) is 14.6. The van der Waals surface area contributed by atoms with Crippen LogP contribution in [0.1, 0.15) is 11.1 Å². The molecule has 2 aromatic carbocycles. The molecule has 1 atom stereocenters. The number of halogens is 4. The van der Waals surface area contributed by atoms with Crippen LogP contribution in [-0.4, -0.2) is 5.33 Å². The third-order valence-corrected chi connectivity index (χ3v) is 5.22. The summed E-state index contributed by atoms with van der Waals surface area (Å²) < 4.78 is 0. The molecule has 4 heteroatoms. The van der Waals surface area contributed by atoms with Gasteiger partial charge in [-0.3, -0.25) is 0 Å². The number of alkyl halides is 1. The second-order valence-electron chi connectivity index (χ2n) is 4.77. The maximum Gasteiger partial charge on any atom is 0.0595 e. The molecule has 2 rings (SSSR count). The van der Waals surface area contributed by atoms with E-state index in [-0.39, 0.29) is 0 Å². The highest BCUT2D eigenvalue weighted by atomic mass is 79.9. The van der Waals surface area contributed by atoms with Gasteiger partial charge in [0.25, 0.3) is 0 Å². The highest BCUT2D eigenvalue weighted by Crippen LogP contribution is 2.26. The van der Waals surface area contributed by atoms with Crippen LogP contribution >= 0.6 is 50.7 Å². The van der Waals surface area contributed by atoms with Crippen molar-refractivity contribution in [3.05, 3.63) is 68.7 Å². The van der Waals surface area contributed by atoms with Crippen molar-refractivity contribution in [2.24, 2.45) is 5.92 Å². The molecule has 0 saturated carbocycles. The van der Waals surface area contributed by atoms with Crippen molar-refractivity contribution in [2.45, 2.75) is 12.8 Å². The molecule has 2 aromatic rings. The van der Waals surface area contributed by atoms with Crippen LogP contribution in [0.25, 0.3) is 0 Å². The van der Waals surface area contributed by atoms with Crippen molar-refractivity contribution >= 4 is 50.7 Å². The third-order valence-electron chi connectivity index (χ3n) is 3.19. The third kappa shape index (κ3) is 4.39. The Morgan fingerprint density at radius 1 is 0.850 bits per heavy atom. The maximum absolute atomic E-state index is 6.22. The minimum Gasteiger partial charge on any atom is -0.0925 e. The zero-order valence-electron chi connectivity index (χ0n) is 10.8. The van der Waals surface area contributed by atoms with E-state index in [1.54, 1.807) is 0 Å². The molecule has 1 unspecified atom stereocenters. The molecule has 0 fully saturated rings. The van der Waals surface area contributed by atoms with Crippen molar-refractivity contribution in [3.8, 4) is 0 Å². The summed E-state index contributed by atoms with van der Waals surface area (Å²) in [6, 6.07) is 13.8. The molecule has 0 aliphatic heterocycles. The first-order chi connectivity index (χ1) is 9.60. The number of hydrogen-bond acceptors (Lipinski definition) is 0. The molecular formula is C16H14BrCl3. The molecule has 0 bridgehead atoms. The van der Waals surface area contributed by atoms with Gasteiger partial charge in [-0.15, -0.1) is 0 Å². The van der Waals surface area contributed by atoms with Gasteiger partial charge in [-0.2, -0.15) is 0 Å². The minimum atomic E-state index is 0.465. The van der Waals surface area contributed by atoms with E-state index in [1.807, 2.05) is 36.4 Å². The molecule has 0 heterocycles. The first-order valence-electron chi connectivity index (χ1n) is 6.33. The lowest BCUT2D eigenvalue weighted by atomic mass is 9.94. The van der Waals surface area contributed by atoms with Crippen LogP contribution < -0.4 is 0 Å². The highest BCUT2D eigenvalue weighted by Gasteiger charge is 2.12. The van der Waals surface area contributed by atoms with Crippen LogP contribution in [0, 0.1) is 5.92 Å². The summed E-state index contributed by atoms with van der Waals surface area (Å²) in [7, 11) is 0. The van der Waals surface area contributed by atoms with E-state index in [1.165, 1.54) is 11.1 Å². The van der Waals surface area contributed by atoms with Crippen LogP contribution in [0.5, 0.6) is 0 Å². The van der Waals surface area contributed by atoms with Crippen molar-refractivity contribution < 1.29 is 0 Å². The molecular weight excluding hydrogens is 378 g/mol. The largest absolute Gasteiger partial charge is 0.0925 e. The fourth-order valence-electron chi connectivity index (χ4n) is 2.16. The molecule has 20 heavy (non-hydrogen) atoms. The van der Waals surface area contributed by atoms with E-state index in [4.69, 9.17) is 34.8 Å². The average Bonchev–Trinajstić information content (AvgIpc) is 2.44. The fraction of sp³-hybridized carbons (Fsp3) is 0.250. The van der Waals surface area contributed by atoms with Gasteiger partial charge in [0.1, 0.15) is 0 Å². The SMILES string of the molecule is Clc1ccc(CC(CBr)Cc2ccccc2Cl)cc1Cl. The van der Waals surface area contributed by atoms with Crippen LogP contribution in [-0.2, 0) is 12.8 Å². The number of hydrogen-bond donors (Lipinski definition) is 0. The predicted octanol–water partition coefficient (Wildman–Crippen LogP) is 6.44. The number of rotatable bonds is 5. The Morgan fingerprint density at radius 3 is 2.25 bits per heavy atom. The maximum atomic E-state index is 6.22. The minimum absolute atomic E-state index is 0.465. The van der Waals surface area contributed by atoms with E-state index in [9.17, 15) is 0 Å². The van der Waals surface area contributed by atoms with Gasteiger partial charge in [0.05, 0.1) is 10.0 Å². The Kier molecular flexibility index (Phi) is 6.22. The van der Waals surface area contributed by atoms with Crippen LogP contribution in [0.3, 0.4) is 0 Å². The summed E-state index contributed by atoms with van der Waals surface area (Å²) in [5.41, 5.74) is 2.37. The first kappa shape index (κ1) is 16.2. The molecule has 106 valence electrons. The summed E-state index contributed by atoms with van der Waals surface area (Å²) in [5, 5.41) is 2.94. The Labute approximate surface area is 143 Å². The van der Waals surface area contributed by atoms with Crippen molar-refractivity contribution in [1.82, 2.24) is 0 Å². The molecule has 0 aliphatic rings. The van der Waals surface area contributed by atoms with Crippen molar-refractivity contribution in [3.63, 3.8) is 0 Å². The van der Waals surface area contributed by atoms with E-state index in [0.717, 1.165) is 23.2 Å². The average molecular weight is 393 g/mol. The monoisotopic (exact) mass is 390 g/mol. The quantitative estimate of drug-likeness (QED) is 0.513. The lowest BCUT2D eigenvalue weighted by Gasteiger charge is -2.15. The summed E-state index contributed by atoms with van der Waals surface area (Å²) in [6.07, 6.45) is 1.87. The van der Waals surface area contributed by atoms with Gasteiger partial charge >= 0.3 is 0 Å². The fourth-order valence-corrected chi connectivity index (χ4v) is 3.15. The summed E-state index contributed by atoms with van der Waals surface area (Å²) >= 11 is 21.8. The molecule has 0 amide bonds. The smallest absolute Gasteiger partial charge is 0.0595 e. The van der Waals surface area contributed by atoms with E-state index >= 15 is 0 Å². The number of benzene rings is 2. The lowest BCUT2D eigenvalue weighted by molar-refractivity contribution is 0.591. The van der Waals surface area contributed by atoms with Gasteiger partial charge < -0.3 is 0 Å². The van der Waals surface area contributed by atoms with E-state index in [0.29, 0.717) is 16.0 Å². The van der Waals surface area contributed by atoms with Crippen LogP contribution in [0.15, 0.2) is 42.5 Å². The highest BCUT2D eigenvalue weighted by molar-refractivity contribution is 9.09. The second kappa shape index (κ2) is 7.70. The molecule has 0 spiro atoms. The lowest BCUT2D eigenvalue weighted by Crippen LogP contribution is -2.10. The van der Waals surface area contributed by atoms with Gasteiger partial charge in [-0.25, -0.2) is 0 Å². The molecule has 0 N–H and O–H groups in total. The van der Waals surface area contributed by atoms with Gasteiger partial charge in [0.15, 0.2) is 0 Å². The standard InChI is InChI=1S/C16H14BrCl3/c17-10-12(8-13-3-1-2-4-14(13)18)7-11-5-6-15(19)16(20)9-11/h1-6,9,12H,7-8,10H2. The Morgan fingerprint density at radius 2 is 1.60 bits per heavy atom. The molecule has 0 saturated heterocycles. The van der Waals surface area contributed by atoms with Gasteiger partial charge in [0, 0.05) is 10.4 Å². The van der Waals surface area contributed by atoms with E-state index < -0.39 is 0 Å². The second-order valence-corrected chi connectivity index (χ2v) is 6.64. The topological polar surface area (TPSA) is 0 Å². The van der Waals surface area contributed by atoms with Gasteiger partial charge in [-0.1, -0.05) is 75.0 Å². The predicted molar refractivity (Wildman–Crippen MR) is 92.6 cm³/mol. The van der Waals surface area contributed by atoms with Gasteiger partial charge in [-0.05, 0) is 48.1 Å². The van der Waals surface area contributed by atoms with E-state index in [2.05, 4.69) is 22.0 Å². The summed E-state index contributed by atoms with van der Waals surface area (Å²) in [5.74, 6) is 0.465. The Hall–Kier alpha value is -0.210. The Bertz CT molecular complexity index is 584. The molecule has 0 nitrogen and oxygen atoms in total. The molecule has 0 aliphatic carbocycles. The molecule has 0 radical (unpaired) electrons. The zero-order chi connectivity index (χ0) is 14.5. The summed E-state index contributed by atoms with van der Waals surface area (Å²) in [6.45, 7) is 0. The van der Waals surface area contributed by atoms with Crippen LogP contribution in [0.4, 0.5) is 0 Å². The normalized spacial score (nSPS) is 12.4. The van der Waals surface area contributed by atoms with Gasteiger partial charge in [0.2, 0.25) is 0 Å². The summed E-state index contributed by atoms with van der Waals surface area (Å²) in [4.78, 5) is 0. The first-order valence-corrected chi connectivity index (χ1v) is 8.59.